The summed E-state index contributed by atoms with van der Waals surface area (Å²) in [5, 5.41) is 0. The zero-order chi connectivity index (χ0) is 9.68. The maximum atomic E-state index is 5.30. The third-order valence-corrected chi connectivity index (χ3v) is 3.79. The molecule has 1 heteroatoms. The minimum atomic E-state index is 0.817. The van der Waals surface area contributed by atoms with Crippen LogP contribution in [0.3, 0.4) is 0 Å². The molecule has 0 saturated heterocycles. The number of methoxy groups -OCH3 is 1. The number of rotatable bonds is 3. The Kier molecular flexibility index (Phi) is 4.79. The summed E-state index contributed by atoms with van der Waals surface area (Å²) < 4.78 is 5.30. The molecule has 1 rings (SSSR count). The molecule has 3 unspecified atom stereocenters. The van der Waals surface area contributed by atoms with Gasteiger partial charge in [0.05, 0.1) is 0 Å². The van der Waals surface area contributed by atoms with Gasteiger partial charge in [0.25, 0.3) is 0 Å². The van der Waals surface area contributed by atoms with Crippen molar-refractivity contribution in [3.63, 3.8) is 0 Å². The summed E-state index contributed by atoms with van der Waals surface area (Å²) in [5.41, 5.74) is 0. The van der Waals surface area contributed by atoms with E-state index in [9.17, 15) is 0 Å². The van der Waals surface area contributed by atoms with Crippen molar-refractivity contribution < 1.29 is 4.74 Å². The third-order valence-electron chi connectivity index (χ3n) is 3.79. The van der Waals surface area contributed by atoms with Crippen LogP contribution in [-0.2, 0) is 4.74 Å². The Bertz CT molecular complexity index is 133. The molecule has 1 saturated carbocycles. The van der Waals surface area contributed by atoms with E-state index >= 15 is 0 Å². The molecule has 1 fully saturated rings. The Labute approximate surface area is 82.9 Å². The Morgan fingerprint density at radius 1 is 1.15 bits per heavy atom. The highest BCUT2D eigenvalue weighted by atomic mass is 16.5. The van der Waals surface area contributed by atoms with Crippen LogP contribution >= 0.6 is 0 Å². The maximum absolute atomic E-state index is 5.30. The van der Waals surface area contributed by atoms with Crippen LogP contribution in [0.4, 0.5) is 0 Å². The van der Waals surface area contributed by atoms with Crippen LogP contribution in [0.25, 0.3) is 0 Å². The van der Waals surface area contributed by atoms with E-state index < -0.39 is 0 Å². The molecule has 0 aromatic heterocycles. The van der Waals surface area contributed by atoms with Crippen LogP contribution in [0.1, 0.15) is 46.0 Å². The zero-order valence-electron chi connectivity index (χ0n) is 9.38. The lowest BCUT2D eigenvalue weighted by Crippen LogP contribution is -2.22. The average molecular weight is 184 g/mol. The van der Waals surface area contributed by atoms with Crippen LogP contribution in [0.5, 0.6) is 0 Å². The largest absolute Gasteiger partial charge is 0.384 e. The van der Waals surface area contributed by atoms with E-state index in [4.69, 9.17) is 4.74 Å². The Morgan fingerprint density at radius 3 is 2.31 bits per heavy atom. The van der Waals surface area contributed by atoms with E-state index in [2.05, 4.69) is 13.8 Å². The van der Waals surface area contributed by atoms with Gasteiger partial charge in [-0.1, -0.05) is 39.5 Å². The second kappa shape index (κ2) is 5.64. The normalized spacial score (nSPS) is 35.8. The van der Waals surface area contributed by atoms with Crippen molar-refractivity contribution in [3.05, 3.63) is 0 Å². The van der Waals surface area contributed by atoms with Crippen LogP contribution in [0.15, 0.2) is 0 Å². The van der Waals surface area contributed by atoms with E-state index in [0.717, 1.165) is 24.4 Å². The van der Waals surface area contributed by atoms with Gasteiger partial charge in [-0.3, -0.25) is 0 Å². The lowest BCUT2D eigenvalue weighted by molar-refractivity contribution is 0.102. The predicted octanol–water partition coefficient (Wildman–Crippen LogP) is 3.49. The van der Waals surface area contributed by atoms with E-state index in [-0.39, 0.29) is 0 Å². The minimum Gasteiger partial charge on any atom is -0.384 e. The Hall–Kier alpha value is -0.0400. The molecule has 0 radical (unpaired) electrons. The molecule has 0 aromatic rings. The highest BCUT2D eigenvalue weighted by Crippen LogP contribution is 2.34. The molecule has 0 spiro atoms. The van der Waals surface area contributed by atoms with Crippen LogP contribution in [0, 0.1) is 17.8 Å². The molecule has 0 aromatic carbocycles. The molecule has 3 atom stereocenters. The van der Waals surface area contributed by atoms with Gasteiger partial charge in [-0.2, -0.15) is 0 Å². The van der Waals surface area contributed by atoms with Gasteiger partial charge in [-0.25, -0.2) is 0 Å². The van der Waals surface area contributed by atoms with Crippen molar-refractivity contribution in [2.75, 3.05) is 13.7 Å². The standard InChI is InChI=1S/C12H24O/c1-4-11-7-5-6-8-12(9-13-3)10(11)2/h10-12H,4-9H2,1-3H3. The Morgan fingerprint density at radius 2 is 1.77 bits per heavy atom. The summed E-state index contributed by atoms with van der Waals surface area (Å²) in [4.78, 5) is 0. The molecule has 1 nitrogen and oxygen atoms in total. The van der Waals surface area contributed by atoms with E-state index in [1.165, 1.54) is 32.1 Å². The molecular formula is C12H24O. The summed E-state index contributed by atoms with van der Waals surface area (Å²) in [5.74, 6) is 2.63. The van der Waals surface area contributed by atoms with Gasteiger partial charge in [0.2, 0.25) is 0 Å². The Balaban J connectivity index is 2.50. The first-order valence-corrected chi connectivity index (χ1v) is 5.78. The SMILES string of the molecule is CCC1CCCCC(COC)C1C. The van der Waals surface area contributed by atoms with E-state index in [1.54, 1.807) is 0 Å². The van der Waals surface area contributed by atoms with Crippen molar-refractivity contribution in [1.29, 1.82) is 0 Å². The smallest absolute Gasteiger partial charge is 0.0493 e. The summed E-state index contributed by atoms with van der Waals surface area (Å²) >= 11 is 0. The van der Waals surface area contributed by atoms with Crippen molar-refractivity contribution in [2.24, 2.45) is 17.8 Å². The average Bonchev–Trinajstić information content (AvgIpc) is 2.30. The molecular weight excluding hydrogens is 160 g/mol. The number of hydrogen-bond acceptors (Lipinski definition) is 1. The first kappa shape index (κ1) is 11.0. The number of hydrogen-bond donors (Lipinski definition) is 0. The molecule has 1 aliphatic rings. The first-order chi connectivity index (χ1) is 6.29. The fourth-order valence-electron chi connectivity index (χ4n) is 2.75. The lowest BCUT2D eigenvalue weighted by atomic mass is 9.81. The highest BCUT2D eigenvalue weighted by Gasteiger charge is 2.26. The van der Waals surface area contributed by atoms with E-state index in [0.29, 0.717) is 0 Å². The molecule has 13 heavy (non-hydrogen) atoms. The predicted molar refractivity (Wildman–Crippen MR) is 56.8 cm³/mol. The van der Waals surface area contributed by atoms with Crippen LogP contribution in [-0.4, -0.2) is 13.7 Å². The van der Waals surface area contributed by atoms with Gasteiger partial charge in [0.15, 0.2) is 0 Å². The fourth-order valence-corrected chi connectivity index (χ4v) is 2.75. The summed E-state index contributed by atoms with van der Waals surface area (Å²) in [6.07, 6.45) is 7.02. The summed E-state index contributed by atoms with van der Waals surface area (Å²) in [6.45, 7) is 5.72. The third kappa shape index (κ3) is 2.98. The van der Waals surface area contributed by atoms with Gasteiger partial charge in [-0.15, -0.1) is 0 Å². The molecule has 0 bridgehead atoms. The van der Waals surface area contributed by atoms with Gasteiger partial charge in [0, 0.05) is 13.7 Å². The molecule has 0 N–H and O–H groups in total. The number of ether oxygens (including phenoxy) is 1. The second-order valence-electron chi connectivity index (χ2n) is 4.53. The second-order valence-corrected chi connectivity index (χ2v) is 4.53. The van der Waals surface area contributed by atoms with Crippen molar-refractivity contribution >= 4 is 0 Å². The van der Waals surface area contributed by atoms with Crippen LogP contribution < -0.4 is 0 Å². The molecule has 0 amide bonds. The summed E-state index contributed by atoms with van der Waals surface area (Å²) in [6, 6.07) is 0. The monoisotopic (exact) mass is 184 g/mol. The molecule has 0 heterocycles. The zero-order valence-corrected chi connectivity index (χ0v) is 9.38. The van der Waals surface area contributed by atoms with E-state index in [1.807, 2.05) is 7.11 Å². The fraction of sp³-hybridized carbons (Fsp3) is 1.00. The molecule has 1 aliphatic carbocycles. The van der Waals surface area contributed by atoms with Crippen molar-refractivity contribution in [2.45, 2.75) is 46.0 Å². The lowest BCUT2D eigenvalue weighted by Gasteiger charge is -2.27. The quantitative estimate of drug-likeness (QED) is 0.610. The topological polar surface area (TPSA) is 9.23 Å². The van der Waals surface area contributed by atoms with Gasteiger partial charge in [-0.05, 0) is 24.2 Å². The van der Waals surface area contributed by atoms with Crippen LogP contribution in [0.2, 0.25) is 0 Å². The van der Waals surface area contributed by atoms with Crippen molar-refractivity contribution in [1.82, 2.24) is 0 Å². The molecule has 0 aliphatic heterocycles. The minimum absolute atomic E-state index is 0.817. The van der Waals surface area contributed by atoms with Gasteiger partial charge in [0.1, 0.15) is 0 Å². The van der Waals surface area contributed by atoms with Gasteiger partial charge < -0.3 is 4.74 Å². The maximum Gasteiger partial charge on any atom is 0.0493 e. The highest BCUT2D eigenvalue weighted by molar-refractivity contribution is 4.76. The van der Waals surface area contributed by atoms with Gasteiger partial charge >= 0.3 is 0 Å². The molecule has 78 valence electrons. The first-order valence-electron chi connectivity index (χ1n) is 5.78. The summed E-state index contributed by atoms with van der Waals surface area (Å²) in [7, 11) is 1.83. The van der Waals surface area contributed by atoms with Crippen molar-refractivity contribution in [3.8, 4) is 0 Å².